The van der Waals surface area contributed by atoms with Gasteiger partial charge < -0.3 is 8.83 Å². The van der Waals surface area contributed by atoms with E-state index in [-0.39, 0.29) is 5.78 Å². The molecular formula is C19H12Cl2O3. The van der Waals surface area contributed by atoms with Gasteiger partial charge in [-0.15, -0.1) is 0 Å². The summed E-state index contributed by atoms with van der Waals surface area (Å²) in [6.45, 7) is 0. The Morgan fingerprint density at radius 1 is 0.917 bits per heavy atom. The predicted octanol–water partition coefficient (Wildman–Crippen LogP) is 6.14. The van der Waals surface area contributed by atoms with Crippen molar-refractivity contribution in [2.45, 2.75) is 0 Å². The standard InChI is InChI=1S/C19H12Cl2O3/c20-17-9-3-13(12-18(17)21)19-10-8-16(24-19)7-5-14(22)4-6-15-2-1-11-23-15/h1-12H/b6-4-,7-5+. The number of ketones is 1. The predicted molar refractivity (Wildman–Crippen MR) is 95.9 cm³/mol. The van der Waals surface area contributed by atoms with Gasteiger partial charge in [0, 0.05) is 5.56 Å². The van der Waals surface area contributed by atoms with Crippen molar-refractivity contribution in [3.63, 3.8) is 0 Å². The highest BCUT2D eigenvalue weighted by molar-refractivity contribution is 6.42. The van der Waals surface area contributed by atoms with E-state index in [0.29, 0.717) is 27.3 Å². The number of halogens is 2. The average molecular weight is 359 g/mol. The number of allylic oxidation sites excluding steroid dienone is 2. The van der Waals surface area contributed by atoms with Crippen molar-refractivity contribution in [1.29, 1.82) is 0 Å². The zero-order chi connectivity index (χ0) is 16.9. The second-order valence-corrected chi connectivity index (χ2v) is 5.73. The van der Waals surface area contributed by atoms with Crippen LogP contribution in [0, 0.1) is 0 Å². The van der Waals surface area contributed by atoms with E-state index in [9.17, 15) is 4.79 Å². The second-order valence-electron chi connectivity index (χ2n) is 4.92. The molecule has 0 fully saturated rings. The van der Waals surface area contributed by atoms with Gasteiger partial charge in [-0.2, -0.15) is 0 Å². The summed E-state index contributed by atoms with van der Waals surface area (Å²) < 4.78 is 10.8. The van der Waals surface area contributed by atoms with Crippen molar-refractivity contribution in [3.05, 3.63) is 82.4 Å². The van der Waals surface area contributed by atoms with Crippen LogP contribution in [0.25, 0.3) is 23.5 Å². The highest BCUT2D eigenvalue weighted by Crippen LogP contribution is 2.29. The van der Waals surface area contributed by atoms with Gasteiger partial charge in [0.05, 0.1) is 16.3 Å². The maximum absolute atomic E-state index is 11.8. The molecule has 0 unspecified atom stereocenters. The molecular weight excluding hydrogens is 347 g/mol. The molecule has 0 aliphatic rings. The molecule has 0 radical (unpaired) electrons. The molecule has 0 atom stereocenters. The van der Waals surface area contributed by atoms with Crippen LogP contribution in [0.2, 0.25) is 10.0 Å². The van der Waals surface area contributed by atoms with Gasteiger partial charge in [0.15, 0.2) is 5.78 Å². The first-order valence-electron chi connectivity index (χ1n) is 7.11. The summed E-state index contributed by atoms with van der Waals surface area (Å²) in [6.07, 6.45) is 7.62. The molecule has 2 heterocycles. The summed E-state index contributed by atoms with van der Waals surface area (Å²) in [5.74, 6) is 1.66. The number of carbonyl (C=O) groups is 1. The molecule has 3 rings (SSSR count). The maximum atomic E-state index is 11.8. The van der Waals surface area contributed by atoms with E-state index in [1.165, 1.54) is 12.2 Å². The molecule has 2 aromatic heterocycles. The van der Waals surface area contributed by atoms with E-state index in [0.717, 1.165) is 5.56 Å². The Morgan fingerprint density at radius 3 is 2.42 bits per heavy atom. The minimum Gasteiger partial charge on any atom is -0.465 e. The summed E-state index contributed by atoms with van der Waals surface area (Å²) in [7, 11) is 0. The van der Waals surface area contributed by atoms with Crippen molar-refractivity contribution < 1.29 is 13.6 Å². The Labute approximate surface area is 148 Å². The van der Waals surface area contributed by atoms with Gasteiger partial charge in [-0.3, -0.25) is 4.79 Å². The van der Waals surface area contributed by atoms with Gasteiger partial charge in [-0.1, -0.05) is 23.2 Å². The van der Waals surface area contributed by atoms with Gasteiger partial charge in [0.1, 0.15) is 17.3 Å². The third kappa shape index (κ3) is 4.07. The lowest BCUT2D eigenvalue weighted by Crippen LogP contribution is -1.83. The average Bonchev–Trinajstić information content (AvgIpc) is 3.25. The van der Waals surface area contributed by atoms with E-state index in [1.54, 1.807) is 48.7 Å². The van der Waals surface area contributed by atoms with Crippen LogP contribution in [0.4, 0.5) is 0 Å². The molecule has 0 saturated heterocycles. The van der Waals surface area contributed by atoms with Crippen molar-refractivity contribution in [2.24, 2.45) is 0 Å². The molecule has 0 saturated carbocycles. The van der Waals surface area contributed by atoms with Crippen LogP contribution in [-0.2, 0) is 4.79 Å². The molecule has 3 nitrogen and oxygen atoms in total. The van der Waals surface area contributed by atoms with E-state index < -0.39 is 0 Å². The van der Waals surface area contributed by atoms with Crippen LogP contribution in [0.15, 0.2) is 69.7 Å². The zero-order valence-electron chi connectivity index (χ0n) is 12.4. The van der Waals surface area contributed by atoms with Crippen molar-refractivity contribution in [1.82, 2.24) is 0 Å². The number of hydrogen-bond acceptors (Lipinski definition) is 3. The number of benzene rings is 1. The third-order valence-corrected chi connectivity index (χ3v) is 3.94. The van der Waals surface area contributed by atoms with Crippen LogP contribution in [-0.4, -0.2) is 5.78 Å². The summed E-state index contributed by atoms with van der Waals surface area (Å²) in [5.41, 5.74) is 0.813. The van der Waals surface area contributed by atoms with Gasteiger partial charge >= 0.3 is 0 Å². The first-order chi connectivity index (χ1) is 11.6. The quantitative estimate of drug-likeness (QED) is 0.514. The van der Waals surface area contributed by atoms with E-state index in [4.69, 9.17) is 32.0 Å². The molecule has 0 bridgehead atoms. The lowest BCUT2D eigenvalue weighted by Gasteiger charge is -1.99. The van der Waals surface area contributed by atoms with Crippen LogP contribution < -0.4 is 0 Å². The molecule has 0 aliphatic heterocycles. The van der Waals surface area contributed by atoms with Crippen LogP contribution in [0.5, 0.6) is 0 Å². The smallest absolute Gasteiger partial charge is 0.178 e. The normalized spacial score (nSPS) is 11.6. The minimum atomic E-state index is -0.168. The SMILES string of the molecule is O=C(/C=C\c1ccco1)/C=C/c1ccc(-c2ccc(Cl)c(Cl)c2)o1. The van der Waals surface area contributed by atoms with Gasteiger partial charge in [-0.05, 0) is 66.8 Å². The third-order valence-electron chi connectivity index (χ3n) is 3.20. The van der Waals surface area contributed by atoms with Crippen molar-refractivity contribution in [3.8, 4) is 11.3 Å². The number of rotatable bonds is 5. The molecule has 0 N–H and O–H groups in total. The first-order valence-corrected chi connectivity index (χ1v) is 7.86. The Balaban J connectivity index is 1.69. The fraction of sp³-hybridized carbons (Fsp3) is 0. The summed E-state index contributed by atoms with van der Waals surface area (Å²) in [6, 6.07) is 12.4. The van der Waals surface area contributed by atoms with Crippen LogP contribution >= 0.6 is 23.2 Å². The molecule has 0 amide bonds. The van der Waals surface area contributed by atoms with Crippen LogP contribution in [0.3, 0.4) is 0 Å². The number of hydrogen-bond donors (Lipinski definition) is 0. The number of carbonyl (C=O) groups excluding carboxylic acids is 1. The first kappa shape index (κ1) is 16.4. The van der Waals surface area contributed by atoms with Gasteiger partial charge in [-0.25, -0.2) is 0 Å². The maximum Gasteiger partial charge on any atom is 0.178 e. The lowest BCUT2D eigenvalue weighted by molar-refractivity contribution is -0.110. The Bertz CT molecular complexity index is 903. The lowest BCUT2D eigenvalue weighted by atomic mass is 10.2. The number of furan rings is 2. The minimum absolute atomic E-state index is 0.168. The second kappa shape index (κ2) is 7.39. The monoisotopic (exact) mass is 358 g/mol. The largest absolute Gasteiger partial charge is 0.465 e. The van der Waals surface area contributed by atoms with E-state index in [1.807, 2.05) is 12.1 Å². The fourth-order valence-corrected chi connectivity index (χ4v) is 2.32. The topological polar surface area (TPSA) is 43.4 Å². The van der Waals surface area contributed by atoms with Crippen molar-refractivity contribution >= 4 is 41.1 Å². The fourth-order valence-electron chi connectivity index (χ4n) is 2.02. The molecule has 5 heteroatoms. The molecule has 24 heavy (non-hydrogen) atoms. The molecule has 0 spiro atoms. The summed E-state index contributed by atoms with van der Waals surface area (Å²) in [4.78, 5) is 11.8. The Hall–Kier alpha value is -2.49. The zero-order valence-corrected chi connectivity index (χ0v) is 13.9. The molecule has 3 aromatic rings. The van der Waals surface area contributed by atoms with Gasteiger partial charge in [0.2, 0.25) is 0 Å². The van der Waals surface area contributed by atoms with E-state index >= 15 is 0 Å². The molecule has 120 valence electrons. The van der Waals surface area contributed by atoms with Crippen LogP contribution in [0.1, 0.15) is 11.5 Å². The highest BCUT2D eigenvalue weighted by Gasteiger charge is 2.06. The Morgan fingerprint density at radius 2 is 1.71 bits per heavy atom. The van der Waals surface area contributed by atoms with Gasteiger partial charge in [0.25, 0.3) is 0 Å². The van der Waals surface area contributed by atoms with E-state index in [2.05, 4.69) is 0 Å². The summed E-state index contributed by atoms with van der Waals surface area (Å²) >= 11 is 11.9. The molecule has 1 aromatic carbocycles. The highest BCUT2D eigenvalue weighted by atomic mass is 35.5. The summed E-state index contributed by atoms with van der Waals surface area (Å²) in [5, 5.41) is 0.946. The van der Waals surface area contributed by atoms with Crippen molar-refractivity contribution in [2.75, 3.05) is 0 Å². The molecule has 0 aliphatic carbocycles. The Kier molecular flexibility index (Phi) is 5.04.